The highest BCUT2D eigenvalue weighted by atomic mass is 79.9. The molecule has 0 amide bonds. The Labute approximate surface area is 111 Å². The quantitative estimate of drug-likeness (QED) is 0.755. The van der Waals surface area contributed by atoms with Crippen LogP contribution in [0.15, 0.2) is 29.0 Å². The Morgan fingerprint density at radius 1 is 1.44 bits per heavy atom. The first-order valence-corrected chi connectivity index (χ1v) is 6.03. The van der Waals surface area contributed by atoms with E-state index in [4.69, 9.17) is 0 Å². The van der Waals surface area contributed by atoms with Crippen LogP contribution in [0.2, 0.25) is 0 Å². The molecular weight excluding hydrogens is 305 g/mol. The molecule has 0 atom stereocenters. The molecule has 0 fully saturated rings. The molecule has 2 aromatic rings. The van der Waals surface area contributed by atoms with Crippen molar-refractivity contribution in [2.45, 2.75) is 12.9 Å². The van der Waals surface area contributed by atoms with Crippen LogP contribution in [0.25, 0.3) is 5.69 Å². The van der Waals surface area contributed by atoms with E-state index in [2.05, 4.69) is 25.8 Å². The van der Waals surface area contributed by atoms with Crippen LogP contribution < -0.4 is 10.2 Å². The van der Waals surface area contributed by atoms with Gasteiger partial charge < -0.3 is 4.74 Å². The van der Waals surface area contributed by atoms with E-state index >= 15 is 0 Å². The number of aryl methyl sites for hydroxylation is 1. The number of rotatable bonds is 1. The minimum absolute atomic E-state index is 0.168. The summed E-state index contributed by atoms with van der Waals surface area (Å²) < 4.78 is 32.9. The van der Waals surface area contributed by atoms with Crippen LogP contribution in [0.5, 0.6) is 5.75 Å². The van der Waals surface area contributed by atoms with Crippen LogP contribution in [0.1, 0.15) is 5.56 Å². The third kappa shape index (κ3) is 1.92. The van der Waals surface area contributed by atoms with Crippen molar-refractivity contribution in [3.63, 3.8) is 0 Å². The molecule has 0 saturated carbocycles. The SMILES string of the molecule is Cc1cn(-c2ccc3c(c2)OC(F)(F)[B]3)nc1Br. The molecule has 3 nitrogen and oxygen atoms in total. The zero-order valence-electron chi connectivity index (χ0n) is 9.32. The summed E-state index contributed by atoms with van der Waals surface area (Å²) in [4.78, 5) is 0. The standard InChI is InChI=1S/C11H7BBrF2N2O/c1-6-5-17(16-10(6)13)7-2-3-8-9(4-7)18-11(14,15)12-8/h2-5H,1H3. The summed E-state index contributed by atoms with van der Waals surface area (Å²) >= 11 is 3.30. The first-order valence-electron chi connectivity index (χ1n) is 5.23. The predicted molar refractivity (Wildman–Crippen MR) is 67.0 cm³/mol. The van der Waals surface area contributed by atoms with Crippen molar-refractivity contribution in [2.24, 2.45) is 0 Å². The number of hydrogen-bond acceptors (Lipinski definition) is 2. The van der Waals surface area contributed by atoms with Gasteiger partial charge in [-0.3, -0.25) is 0 Å². The van der Waals surface area contributed by atoms with E-state index < -0.39 is 6.01 Å². The zero-order chi connectivity index (χ0) is 12.9. The van der Waals surface area contributed by atoms with Gasteiger partial charge in [0.1, 0.15) is 10.4 Å². The Morgan fingerprint density at radius 2 is 2.22 bits per heavy atom. The lowest BCUT2D eigenvalue weighted by molar-refractivity contribution is -0.0930. The van der Waals surface area contributed by atoms with Crippen molar-refractivity contribution in [3.8, 4) is 11.4 Å². The summed E-state index contributed by atoms with van der Waals surface area (Å²) in [6, 6.07) is 1.64. The summed E-state index contributed by atoms with van der Waals surface area (Å²) in [5, 5.41) is 4.22. The topological polar surface area (TPSA) is 27.1 Å². The average Bonchev–Trinajstić information content (AvgIpc) is 2.76. The van der Waals surface area contributed by atoms with Gasteiger partial charge in [-0.15, -0.1) is 0 Å². The third-order valence-corrected chi connectivity index (χ3v) is 3.45. The Balaban J connectivity index is 2.02. The first-order chi connectivity index (χ1) is 8.44. The van der Waals surface area contributed by atoms with E-state index in [-0.39, 0.29) is 5.75 Å². The van der Waals surface area contributed by atoms with E-state index in [0.29, 0.717) is 11.2 Å². The number of fused-ring (bicyclic) bond motifs is 1. The lowest BCUT2D eigenvalue weighted by Crippen LogP contribution is -2.30. The fourth-order valence-corrected chi connectivity index (χ4v) is 2.07. The van der Waals surface area contributed by atoms with Crippen molar-refractivity contribution in [1.29, 1.82) is 0 Å². The smallest absolute Gasteiger partial charge is 0.350 e. The van der Waals surface area contributed by atoms with Gasteiger partial charge in [0.25, 0.3) is 0 Å². The monoisotopic (exact) mass is 311 g/mol. The Kier molecular flexibility index (Phi) is 2.48. The second kappa shape index (κ2) is 3.81. The van der Waals surface area contributed by atoms with E-state index in [9.17, 15) is 8.78 Å². The fraction of sp³-hybridized carbons (Fsp3) is 0.182. The number of alkyl halides is 2. The lowest BCUT2D eigenvalue weighted by Gasteiger charge is -2.08. The molecule has 7 heteroatoms. The molecule has 1 radical (unpaired) electrons. The van der Waals surface area contributed by atoms with E-state index in [1.165, 1.54) is 0 Å². The van der Waals surface area contributed by atoms with Gasteiger partial charge in [-0.25, -0.2) is 4.68 Å². The average molecular weight is 312 g/mol. The number of ether oxygens (including phenoxy) is 1. The van der Waals surface area contributed by atoms with Gasteiger partial charge in [-0.1, -0.05) is 6.07 Å². The molecule has 0 saturated heterocycles. The zero-order valence-corrected chi connectivity index (χ0v) is 10.9. The maximum atomic E-state index is 13.0. The summed E-state index contributed by atoms with van der Waals surface area (Å²) in [5.41, 5.74) is 2.04. The van der Waals surface area contributed by atoms with Crippen molar-refractivity contribution in [2.75, 3.05) is 0 Å². The predicted octanol–water partition coefficient (Wildman–Crippen LogP) is 2.22. The van der Waals surface area contributed by atoms with Gasteiger partial charge in [0.2, 0.25) is 0 Å². The number of nitrogens with zero attached hydrogens (tertiary/aromatic N) is 2. The van der Waals surface area contributed by atoms with E-state index in [0.717, 1.165) is 17.4 Å². The Bertz CT molecular complexity index is 610. The molecule has 18 heavy (non-hydrogen) atoms. The number of aromatic nitrogens is 2. The van der Waals surface area contributed by atoms with Crippen LogP contribution in [0, 0.1) is 6.92 Å². The van der Waals surface area contributed by atoms with Crippen LogP contribution in [-0.4, -0.2) is 23.1 Å². The van der Waals surface area contributed by atoms with E-state index in [1.807, 2.05) is 13.1 Å². The summed E-state index contributed by atoms with van der Waals surface area (Å²) in [6.07, 6.45) is 1.81. The minimum atomic E-state index is -3.22. The second-order valence-electron chi connectivity index (χ2n) is 4.08. The molecule has 0 spiro atoms. The van der Waals surface area contributed by atoms with Gasteiger partial charge in [0.05, 0.1) is 5.69 Å². The molecule has 0 bridgehead atoms. The number of benzene rings is 1. The second-order valence-corrected chi connectivity index (χ2v) is 4.83. The highest BCUT2D eigenvalue weighted by molar-refractivity contribution is 9.10. The Hall–Kier alpha value is -1.37. The molecule has 0 N–H and O–H groups in total. The molecule has 1 aliphatic rings. The molecular formula is C11H7BBrF2N2O. The summed E-state index contributed by atoms with van der Waals surface area (Å²) in [6.45, 7) is 1.90. The first kappa shape index (κ1) is 11.7. The molecule has 0 aliphatic carbocycles. The molecule has 91 valence electrons. The Morgan fingerprint density at radius 3 is 2.89 bits per heavy atom. The normalized spacial score (nSPS) is 16.0. The number of hydrogen-bond donors (Lipinski definition) is 0. The van der Waals surface area contributed by atoms with Crippen molar-refractivity contribution in [3.05, 3.63) is 34.6 Å². The fourth-order valence-electron chi connectivity index (χ4n) is 1.80. The van der Waals surface area contributed by atoms with Crippen molar-refractivity contribution < 1.29 is 13.5 Å². The molecule has 0 unspecified atom stereocenters. The molecule has 3 rings (SSSR count). The van der Waals surface area contributed by atoms with Gasteiger partial charge >= 0.3 is 13.3 Å². The highest BCUT2D eigenvalue weighted by Crippen LogP contribution is 2.28. The maximum absolute atomic E-state index is 13.0. The summed E-state index contributed by atoms with van der Waals surface area (Å²) in [5.74, 6) is 0.168. The van der Waals surface area contributed by atoms with Crippen LogP contribution >= 0.6 is 15.9 Å². The van der Waals surface area contributed by atoms with Crippen LogP contribution in [-0.2, 0) is 0 Å². The third-order valence-electron chi connectivity index (χ3n) is 2.67. The molecule has 1 aromatic carbocycles. The summed E-state index contributed by atoms with van der Waals surface area (Å²) in [7, 11) is 0.802. The highest BCUT2D eigenvalue weighted by Gasteiger charge is 2.41. The molecule has 1 aromatic heterocycles. The van der Waals surface area contributed by atoms with Crippen LogP contribution in [0.3, 0.4) is 0 Å². The number of halogens is 3. The minimum Gasteiger partial charge on any atom is -0.441 e. The van der Waals surface area contributed by atoms with E-state index in [1.54, 1.807) is 22.9 Å². The molecule has 1 aliphatic heterocycles. The van der Waals surface area contributed by atoms with Gasteiger partial charge in [0.15, 0.2) is 0 Å². The maximum Gasteiger partial charge on any atom is 0.350 e. The van der Waals surface area contributed by atoms with Gasteiger partial charge in [0, 0.05) is 17.8 Å². The van der Waals surface area contributed by atoms with Crippen molar-refractivity contribution in [1.82, 2.24) is 9.78 Å². The van der Waals surface area contributed by atoms with Gasteiger partial charge in [-0.2, -0.15) is 13.9 Å². The van der Waals surface area contributed by atoms with Crippen LogP contribution in [0.4, 0.5) is 8.78 Å². The largest absolute Gasteiger partial charge is 0.441 e. The van der Waals surface area contributed by atoms with Gasteiger partial charge in [-0.05, 0) is 34.4 Å². The molecule has 2 heterocycles. The lowest BCUT2D eigenvalue weighted by atomic mass is 9.70. The van der Waals surface area contributed by atoms with Crippen molar-refractivity contribution >= 4 is 28.7 Å².